The summed E-state index contributed by atoms with van der Waals surface area (Å²) in [6.45, 7) is 6.06. The Morgan fingerprint density at radius 1 is 1.05 bits per heavy atom. The number of amides is 3. The highest BCUT2D eigenvalue weighted by molar-refractivity contribution is 5.87. The smallest absolute Gasteiger partial charge is 0.320 e. The lowest BCUT2D eigenvalue weighted by Crippen LogP contribution is -2.52. The van der Waals surface area contributed by atoms with Crippen molar-refractivity contribution >= 4 is 11.9 Å². The van der Waals surface area contributed by atoms with Crippen molar-refractivity contribution in [2.24, 2.45) is 0 Å². The number of hydrogen-bond acceptors (Lipinski definition) is 2. The highest BCUT2D eigenvalue weighted by Crippen LogP contribution is 2.22. The number of nitrogens with zero attached hydrogens (tertiary/aromatic N) is 2. The highest BCUT2D eigenvalue weighted by atomic mass is 16.2. The minimum absolute atomic E-state index is 0.0151. The Bertz CT molecular complexity index is 363. The number of urea groups is 1. The molecule has 5 nitrogen and oxygen atoms in total. The van der Waals surface area contributed by atoms with Crippen LogP contribution in [-0.4, -0.2) is 53.5 Å². The molecule has 1 saturated heterocycles. The topological polar surface area (TPSA) is 52.7 Å². The monoisotopic (exact) mass is 295 g/mol. The van der Waals surface area contributed by atoms with E-state index in [2.05, 4.69) is 5.32 Å². The number of rotatable bonds is 4. The van der Waals surface area contributed by atoms with Crippen LogP contribution in [0.3, 0.4) is 0 Å². The number of carbonyl (C=O) groups is 2. The van der Waals surface area contributed by atoms with Gasteiger partial charge in [0, 0.05) is 25.7 Å². The largest absolute Gasteiger partial charge is 0.352 e. The van der Waals surface area contributed by atoms with E-state index in [0.29, 0.717) is 25.7 Å². The summed E-state index contributed by atoms with van der Waals surface area (Å²) in [6, 6.07) is 0.0681. The van der Waals surface area contributed by atoms with Crippen molar-refractivity contribution in [2.75, 3.05) is 19.6 Å². The van der Waals surface area contributed by atoms with Gasteiger partial charge in [-0.25, -0.2) is 4.79 Å². The molecule has 1 N–H and O–H groups in total. The van der Waals surface area contributed by atoms with Gasteiger partial charge in [0.15, 0.2) is 0 Å². The van der Waals surface area contributed by atoms with Crippen molar-refractivity contribution < 1.29 is 9.59 Å². The summed E-state index contributed by atoms with van der Waals surface area (Å²) < 4.78 is 0. The van der Waals surface area contributed by atoms with Crippen LogP contribution in [0.2, 0.25) is 0 Å². The molecule has 2 fully saturated rings. The molecule has 3 amide bonds. The zero-order valence-electron chi connectivity index (χ0n) is 13.4. The molecular formula is C16H29N3O2. The van der Waals surface area contributed by atoms with Gasteiger partial charge in [0.25, 0.3) is 0 Å². The summed E-state index contributed by atoms with van der Waals surface area (Å²) in [6.07, 6.45) is 7.59. The molecular weight excluding hydrogens is 266 g/mol. The summed E-state index contributed by atoms with van der Waals surface area (Å²) in [5.74, 6) is 0.0555. The molecule has 5 heteroatoms. The Morgan fingerprint density at radius 3 is 2.33 bits per heavy atom. The lowest BCUT2D eigenvalue weighted by atomic mass is 9.95. The fourth-order valence-electron chi connectivity index (χ4n) is 3.49. The van der Waals surface area contributed by atoms with E-state index in [1.165, 1.54) is 19.3 Å². The van der Waals surface area contributed by atoms with Crippen LogP contribution in [0.1, 0.15) is 58.8 Å². The Kier molecular flexibility index (Phi) is 5.88. The van der Waals surface area contributed by atoms with Gasteiger partial charge >= 0.3 is 6.03 Å². The molecule has 1 heterocycles. The number of carbonyl (C=O) groups excluding carboxylic acids is 2. The van der Waals surface area contributed by atoms with Crippen LogP contribution in [0.5, 0.6) is 0 Å². The van der Waals surface area contributed by atoms with Gasteiger partial charge in [-0.15, -0.1) is 0 Å². The maximum Gasteiger partial charge on any atom is 0.320 e. The van der Waals surface area contributed by atoms with E-state index in [1.807, 2.05) is 13.8 Å². The Morgan fingerprint density at radius 2 is 1.71 bits per heavy atom. The minimum atomic E-state index is -0.264. The standard InChI is InChI=1S/C16H29N3O2/c1-3-18(4-2)16(21)19-12-8-11-14(19)15(20)17-13-9-6-5-7-10-13/h13-14H,3-12H2,1-2H3,(H,17,20)/t14-/m1/s1. The summed E-state index contributed by atoms with van der Waals surface area (Å²) in [4.78, 5) is 28.6. The maximum atomic E-state index is 12.5. The van der Waals surface area contributed by atoms with Gasteiger partial charge in [-0.3, -0.25) is 4.79 Å². The molecule has 1 saturated carbocycles. The van der Waals surface area contributed by atoms with Gasteiger partial charge in [-0.2, -0.15) is 0 Å². The van der Waals surface area contributed by atoms with Crippen molar-refractivity contribution in [1.82, 2.24) is 15.1 Å². The predicted octanol–water partition coefficient (Wildman–Crippen LogP) is 2.36. The first-order valence-corrected chi connectivity index (χ1v) is 8.53. The summed E-state index contributed by atoms with van der Waals surface area (Å²) in [5.41, 5.74) is 0. The zero-order valence-corrected chi connectivity index (χ0v) is 13.4. The highest BCUT2D eigenvalue weighted by Gasteiger charge is 2.36. The average molecular weight is 295 g/mol. The van der Waals surface area contributed by atoms with E-state index in [9.17, 15) is 9.59 Å². The first-order chi connectivity index (χ1) is 10.2. The number of hydrogen-bond donors (Lipinski definition) is 1. The maximum absolute atomic E-state index is 12.5. The van der Waals surface area contributed by atoms with E-state index in [4.69, 9.17) is 0 Å². The molecule has 1 atom stereocenters. The van der Waals surface area contributed by atoms with E-state index < -0.39 is 0 Å². The molecule has 2 aliphatic rings. The van der Waals surface area contributed by atoms with Crippen LogP contribution in [0.25, 0.3) is 0 Å². The third-order valence-electron chi connectivity index (χ3n) is 4.79. The molecule has 1 aliphatic heterocycles. The molecule has 1 aliphatic carbocycles. The van der Waals surface area contributed by atoms with Crippen molar-refractivity contribution in [3.63, 3.8) is 0 Å². The first kappa shape index (κ1) is 16.1. The molecule has 0 aromatic carbocycles. The van der Waals surface area contributed by atoms with Gasteiger partial charge in [-0.1, -0.05) is 19.3 Å². The zero-order chi connectivity index (χ0) is 15.2. The van der Waals surface area contributed by atoms with Crippen LogP contribution in [0.4, 0.5) is 4.79 Å². The molecule has 0 unspecified atom stereocenters. The predicted molar refractivity (Wildman–Crippen MR) is 83.1 cm³/mol. The third kappa shape index (κ3) is 3.89. The summed E-state index contributed by atoms with van der Waals surface area (Å²) >= 11 is 0. The number of nitrogens with one attached hydrogen (secondary N) is 1. The van der Waals surface area contributed by atoms with Crippen molar-refractivity contribution in [1.29, 1.82) is 0 Å². The molecule has 0 aromatic heterocycles. The summed E-state index contributed by atoms with van der Waals surface area (Å²) in [5, 5.41) is 3.17. The lowest BCUT2D eigenvalue weighted by Gasteiger charge is -2.31. The van der Waals surface area contributed by atoms with Crippen molar-refractivity contribution in [3.8, 4) is 0 Å². The average Bonchev–Trinajstić information content (AvgIpc) is 2.99. The van der Waals surface area contributed by atoms with Crippen LogP contribution in [0.15, 0.2) is 0 Å². The van der Waals surface area contributed by atoms with Crippen LogP contribution < -0.4 is 5.32 Å². The van der Waals surface area contributed by atoms with Gasteiger partial charge in [0.1, 0.15) is 6.04 Å². The first-order valence-electron chi connectivity index (χ1n) is 8.53. The fraction of sp³-hybridized carbons (Fsp3) is 0.875. The van der Waals surface area contributed by atoms with Crippen LogP contribution in [0, 0.1) is 0 Å². The second-order valence-electron chi connectivity index (χ2n) is 6.15. The van der Waals surface area contributed by atoms with Gasteiger partial charge < -0.3 is 15.1 Å². The van der Waals surface area contributed by atoms with Gasteiger partial charge in [-0.05, 0) is 39.5 Å². The molecule has 0 bridgehead atoms. The molecule has 0 radical (unpaired) electrons. The SMILES string of the molecule is CCN(CC)C(=O)N1CCC[C@@H]1C(=O)NC1CCCCC1. The molecule has 2 rings (SSSR count). The third-order valence-corrected chi connectivity index (χ3v) is 4.79. The second-order valence-corrected chi connectivity index (χ2v) is 6.15. The van der Waals surface area contributed by atoms with E-state index in [1.54, 1.807) is 9.80 Å². The van der Waals surface area contributed by atoms with E-state index in [-0.39, 0.29) is 18.0 Å². The Hall–Kier alpha value is -1.26. The lowest BCUT2D eigenvalue weighted by molar-refractivity contribution is -0.125. The van der Waals surface area contributed by atoms with Crippen LogP contribution in [-0.2, 0) is 4.79 Å². The fourth-order valence-corrected chi connectivity index (χ4v) is 3.49. The second kappa shape index (κ2) is 7.66. The molecule has 0 aromatic rings. The minimum Gasteiger partial charge on any atom is -0.352 e. The van der Waals surface area contributed by atoms with Crippen molar-refractivity contribution in [2.45, 2.75) is 70.9 Å². The quantitative estimate of drug-likeness (QED) is 0.865. The van der Waals surface area contributed by atoms with Crippen molar-refractivity contribution in [3.05, 3.63) is 0 Å². The Labute approximate surface area is 128 Å². The molecule has 0 spiro atoms. The van der Waals surface area contributed by atoms with Gasteiger partial charge in [0.2, 0.25) is 5.91 Å². The molecule has 21 heavy (non-hydrogen) atoms. The van der Waals surface area contributed by atoms with E-state index >= 15 is 0 Å². The van der Waals surface area contributed by atoms with Gasteiger partial charge in [0.05, 0.1) is 0 Å². The Balaban J connectivity index is 1.93. The summed E-state index contributed by atoms with van der Waals surface area (Å²) in [7, 11) is 0. The van der Waals surface area contributed by atoms with E-state index in [0.717, 1.165) is 25.7 Å². The molecule has 120 valence electrons. The number of likely N-dealkylation sites (tertiary alicyclic amines) is 1. The normalized spacial score (nSPS) is 23.1. The van der Waals surface area contributed by atoms with Crippen LogP contribution >= 0.6 is 0 Å².